The van der Waals surface area contributed by atoms with E-state index in [1.165, 1.54) is 36.4 Å². The van der Waals surface area contributed by atoms with Gasteiger partial charge in [0.1, 0.15) is 17.9 Å². The number of nitrogens with one attached hydrogen (secondary N) is 2. The third-order valence-electron chi connectivity index (χ3n) is 5.03. The van der Waals surface area contributed by atoms with E-state index in [0.717, 1.165) is 11.0 Å². The molecule has 162 valence electrons. The first-order valence-corrected chi connectivity index (χ1v) is 9.23. The maximum Gasteiger partial charge on any atom is 0.586 e. The second kappa shape index (κ2) is 7.18. The molecular weight excluding hydrogens is 419 g/mol. The van der Waals surface area contributed by atoms with Gasteiger partial charge in [-0.25, -0.2) is 9.18 Å². The summed E-state index contributed by atoms with van der Waals surface area (Å²) in [5.74, 6) is -2.35. The Kier molecular flexibility index (Phi) is 4.75. The first-order valence-electron chi connectivity index (χ1n) is 9.23. The molecule has 11 heteroatoms. The lowest BCUT2D eigenvalue weighted by atomic mass is 9.87. The van der Waals surface area contributed by atoms with Crippen molar-refractivity contribution >= 4 is 23.5 Å². The van der Waals surface area contributed by atoms with Crippen molar-refractivity contribution in [3.05, 3.63) is 53.8 Å². The highest BCUT2D eigenvalue weighted by Crippen LogP contribution is 2.42. The lowest BCUT2D eigenvalue weighted by Crippen LogP contribution is -2.44. The van der Waals surface area contributed by atoms with Crippen LogP contribution in [0.15, 0.2) is 42.5 Å². The Morgan fingerprint density at radius 2 is 1.77 bits per heavy atom. The van der Waals surface area contributed by atoms with E-state index >= 15 is 0 Å². The molecule has 8 nitrogen and oxygen atoms in total. The van der Waals surface area contributed by atoms with Gasteiger partial charge in [0.25, 0.3) is 5.91 Å². The van der Waals surface area contributed by atoms with Crippen molar-refractivity contribution in [3.63, 3.8) is 0 Å². The van der Waals surface area contributed by atoms with E-state index < -0.39 is 42.0 Å². The molecule has 1 atom stereocenters. The molecule has 0 bridgehead atoms. The summed E-state index contributed by atoms with van der Waals surface area (Å²) in [6.07, 6.45) is -3.62. The number of ether oxygens (including phenoxy) is 2. The SMILES string of the molecule is CC[C@]1(c2ccc(F)cc2)NC(=O)N(CC(=O)Nc2ccc3c(c2)OC(F)(F)O3)C1=O. The second-order valence-electron chi connectivity index (χ2n) is 6.96. The topological polar surface area (TPSA) is 97.0 Å². The number of carbonyl (C=O) groups is 3. The highest BCUT2D eigenvalue weighted by Gasteiger charge is 2.51. The summed E-state index contributed by atoms with van der Waals surface area (Å²) in [4.78, 5) is 38.6. The van der Waals surface area contributed by atoms with Crippen LogP contribution in [0.3, 0.4) is 0 Å². The van der Waals surface area contributed by atoms with Gasteiger partial charge >= 0.3 is 12.3 Å². The van der Waals surface area contributed by atoms with Gasteiger partial charge in [-0.1, -0.05) is 19.1 Å². The van der Waals surface area contributed by atoms with Crippen molar-refractivity contribution < 1.29 is 37.0 Å². The smallest absolute Gasteiger partial charge is 0.395 e. The van der Waals surface area contributed by atoms with Crippen molar-refractivity contribution in [1.82, 2.24) is 10.2 Å². The summed E-state index contributed by atoms with van der Waals surface area (Å²) in [5.41, 5.74) is -0.929. The van der Waals surface area contributed by atoms with Crippen LogP contribution in [0.25, 0.3) is 0 Å². The number of hydrogen-bond acceptors (Lipinski definition) is 5. The maximum atomic E-state index is 13.3. The van der Waals surface area contributed by atoms with Gasteiger partial charge in [-0.05, 0) is 36.2 Å². The number of benzene rings is 2. The molecule has 1 fully saturated rings. The van der Waals surface area contributed by atoms with Gasteiger partial charge in [-0.3, -0.25) is 14.5 Å². The molecule has 0 aliphatic carbocycles. The number of alkyl halides is 2. The fraction of sp³-hybridized carbons (Fsp3) is 0.250. The van der Waals surface area contributed by atoms with Crippen LogP contribution in [-0.4, -0.2) is 35.6 Å². The maximum absolute atomic E-state index is 13.3. The molecule has 4 rings (SSSR count). The van der Waals surface area contributed by atoms with E-state index in [4.69, 9.17) is 0 Å². The largest absolute Gasteiger partial charge is 0.586 e. The monoisotopic (exact) mass is 435 g/mol. The third kappa shape index (κ3) is 3.62. The third-order valence-corrected chi connectivity index (χ3v) is 5.03. The van der Waals surface area contributed by atoms with Crippen LogP contribution in [0.5, 0.6) is 11.5 Å². The lowest BCUT2D eigenvalue weighted by molar-refractivity contribution is -0.286. The first kappa shape index (κ1) is 20.5. The summed E-state index contributed by atoms with van der Waals surface area (Å²) in [6.45, 7) is 1.06. The van der Waals surface area contributed by atoms with Crippen LogP contribution in [0.2, 0.25) is 0 Å². The molecule has 0 radical (unpaired) electrons. The first-order chi connectivity index (χ1) is 14.6. The van der Waals surface area contributed by atoms with Crippen LogP contribution in [-0.2, 0) is 15.1 Å². The Balaban J connectivity index is 1.48. The summed E-state index contributed by atoms with van der Waals surface area (Å²) in [5, 5.41) is 5.00. The Bertz CT molecular complexity index is 1080. The zero-order valence-electron chi connectivity index (χ0n) is 16.1. The van der Waals surface area contributed by atoms with E-state index in [9.17, 15) is 27.6 Å². The number of anilines is 1. The molecule has 0 unspecified atom stereocenters. The van der Waals surface area contributed by atoms with Crippen molar-refractivity contribution in [2.24, 2.45) is 0 Å². The molecule has 31 heavy (non-hydrogen) atoms. The van der Waals surface area contributed by atoms with Gasteiger partial charge in [-0.15, -0.1) is 8.78 Å². The molecule has 2 heterocycles. The zero-order chi connectivity index (χ0) is 22.4. The van der Waals surface area contributed by atoms with E-state index in [0.29, 0.717) is 5.56 Å². The Hall–Kier alpha value is -3.76. The summed E-state index contributed by atoms with van der Waals surface area (Å²) in [7, 11) is 0. The van der Waals surface area contributed by atoms with Gasteiger partial charge in [-0.2, -0.15) is 0 Å². The zero-order valence-corrected chi connectivity index (χ0v) is 16.1. The summed E-state index contributed by atoms with van der Waals surface area (Å²) in [6, 6.07) is 7.98. The van der Waals surface area contributed by atoms with Crippen LogP contribution < -0.4 is 20.1 Å². The molecule has 2 aromatic carbocycles. The van der Waals surface area contributed by atoms with Crippen molar-refractivity contribution in [3.8, 4) is 11.5 Å². The number of nitrogens with zero attached hydrogens (tertiary/aromatic N) is 1. The second-order valence-corrected chi connectivity index (χ2v) is 6.96. The average molecular weight is 435 g/mol. The molecule has 0 saturated carbocycles. The fourth-order valence-electron chi connectivity index (χ4n) is 3.51. The van der Waals surface area contributed by atoms with E-state index in [-0.39, 0.29) is 23.6 Å². The highest BCUT2D eigenvalue weighted by molar-refractivity contribution is 6.10. The molecule has 2 aromatic rings. The molecule has 0 spiro atoms. The Labute approximate surface area is 173 Å². The Morgan fingerprint density at radius 3 is 2.45 bits per heavy atom. The number of fused-ring (bicyclic) bond motifs is 1. The fourth-order valence-corrected chi connectivity index (χ4v) is 3.51. The molecule has 1 saturated heterocycles. The predicted molar refractivity (Wildman–Crippen MR) is 99.9 cm³/mol. The van der Waals surface area contributed by atoms with Gasteiger partial charge in [0, 0.05) is 11.8 Å². The van der Waals surface area contributed by atoms with Crippen molar-refractivity contribution in [2.75, 3.05) is 11.9 Å². The average Bonchev–Trinajstić information content (AvgIpc) is 3.15. The van der Waals surface area contributed by atoms with Crippen molar-refractivity contribution in [1.29, 1.82) is 0 Å². The predicted octanol–water partition coefficient (Wildman–Crippen LogP) is 2.94. The standard InChI is InChI=1S/C20H16F3N3O5/c1-2-19(11-3-5-12(21)6-4-11)17(28)26(18(29)25-19)10-16(27)24-13-7-8-14-15(9-13)31-20(22,23)30-14/h3-9H,2,10H2,1H3,(H,24,27)(H,25,29)/t19-/m1/s1. The molecule has 4 amide bonds. The Morgan fingerprint density at radius 1 is 1.10 bits per heavy atom. The molecule has 2 N–H and O–H groups in total. The van der Waals surface area contributed by atoms with Crippen LogP contribution in [0, 0.1) is 5.82 Å². The number of urea groups is 1. The lowest BCUT2D eigenvalue weighted by Gasteiger charge is -2.25. The summed E-state index contributed by atoms with van der Waals surface area (Å²) < 4.78 is 48.1. The number of rotatable bonds is 5. The number of halogens is 3. The van der Waals surface area contributed by atoms with Gasteiger partial charge in [0.05, 0.1) is 0 Å². The van der Waals surface area contributed by atoms with E-state index in [2.05, 4.69) is 20.1 Å². The number of carbonyl (C=O) groups excluding carboxylic acids is 3. The number of imide groups is 1. The van der Waals surface area contributed by atoms with Crippen LogP contribution >= 0.6 is 0 Å². The normalized spacial score (nSPS) is 21.2. The number of amides is 4. The van der Waals surface area contributed by atoms with E-state index in [1.54, 1.807) is 6.92 Å². The molecular formula is C20H16F3N3O5. The minimum Gasteiger partial charge on any atom is -0.395 e. The number of hydrogen-bond donors (Lipinski definition) is 2. The minimum atomic E-state index is -3.80. The molecule has 2 aliphatic rings. The summed E-state index contributed by atoms with van der Waals surface area (Å²) >= 11 is 0. The quantitative estimate of drug-likeness (QED) is 0.704. The van der Waals surface area contributed by atoms with Crippen molar-refractivity contribution in [2.45, 2.75) is 25.2 Å². The minimum absolute atomic E-state index is 0.109. The van der Waals surface area contributed by atoms with Crippen LogP contribution in [0.1, 0.15) is 18.9 Å². The van der Waals surface area contributed by atoms with Crippen LogP contribution in [0.4, 0.5) is 23.7 Å². The van der Waals surface area contributed by atoms with Gasteiger partial charge in [0.2, 0.25) is 5.91 Å². The molecule has 0 aromatic heterocycles. The van der Waals surface area contributed by atoms with Gasteiger partial charge in [0.15, 0.2) is 11.5 Å². The highest BCUT2D eigenvalue weighted by atomic mass is 19.3. The van der Waals surface area contributed by atoms with Gasteiger partial charge < -0.3 is 20.1 Å². The molecule has 2 aliphatic heterocycles. The van der Waals surface area contributed by atoms with E-state index in [1.807, 2.05) is 0 Å².